The Morgan fingerprint density at radius 2 is 1.75 bits per heavy atom. The largest absolute Gasteiger partial charge is 0.392 e. The average Bonchev–Trinajstić information content (AvgIpc) is 2.07. The summed E-state index contributed by atoms with van der Waals surface area (Å²) >= 11 is 0. The summed E-state index contributed by atoms with van der Waals surface area (Å²) < 4.78 is 5.00. The van der Waals surface area contributed by atoms with E-state index in [1.54, 1.807) is 7.11 Å². The van der Waals surface area contributed by atoms with Crippen LogP contribution in [0.25, 0.3) is 0 Å². The van der Waals surface area contributed by atoms with Crippen LogP contribution in [0.15, 0.2) is 0 Å². The van der Waals surface area contributed by atoms with Crippen LogP contribution in [-0.4, -0.2) is 24.9 Å². The summed E-state index contributed by atoms with van der Waals surface area (Å²) in [5, 5.41) is 9.83. The molecule has 2 nitrogen and oxygen atoms in total. The maximum absolute atomic E-state index is 9.83. The molecular weight excluding hydrogens is 152 g/mol. The van der Waals surface area contributed by atoms with Gasteiger partial charge in [0.15, 0.2) is 0 Å². The fourth-order valence-electron chi connectivity index (χ4n) is 1.60. The van der Waals surface area contributed by atoms with Crippen LogP contribution in [0.1, 0.15) is 33.6 Å². The van der Waals surface area contributed by atoms with Gasteiger partial charge in [0.2, 0.25) is 0 Å². The van der Waals surface area contributed by atoms with Crippen molar-refractivity contribution in [3.8, 4) is 0 Å². The highest BCUT2D eigenvalue weighted by Gasteiger charge is 2.21. The molecule has 0 aromatic heterocycles. The van der Waals surface area contributed by atoms with Gasteiger partial charge in [0.25, 0.3) is 0 Å². The third-order valence-corrected chi connectivity index (χ3v) is 2.54. The van der Waals surface area contributed by atoms with Gasteiger partial charge in [-0.1, -0.05) is 33.6 Å². The number of aliphatic hydroxyl groups is 1. The molecule has 0 heterocycles. The molecule has 0 aliphatic rings. The fourth-order valence-corrected chi connectivity index (χ4v) is 1.60. The second-order valence-electron chi connectivity index (χ2n) is 3.50. The van der Waals surface area contributed by atoms with Crippen molar-refractivity contribution in [2.75, 3.05) is 13.7 Å². The van der Waals surface area contributed by atoms with E-state index in [1.807, 2.05) is 6.92 Å². The van der Waals surface area contributed by atoms with Crippen molar-refractivity contribution in [1.29, 1.82) is 0 Å². The van der Waals surface area contributed by atoms with E-state index in [4.69, 9.17) is 4.74 Å². The van der Waals surface area contributed by atoms with Crippen molar-refractivity contribution in [1.82, 2.24) is 0 Å². The highest BCUT2D eigenvalue weighted by molar-refractivity contribution is 4.71. The van der Waals surface area contributed by atoms with Crippen molar-refractivity contribution in [2.24, 2.45) is 11.8 Å². The van der Waals surface area contributed by atoms with E-state index in [2.05, 4.69) is 13.8 Å². The zero-order valence-corrected chi connectivity index (χ0v) is 8.71. The van der Waals surface area contributed by atoms with Crippen LogP contribution in [-0.2, 0) is 4.74 Å². The standard InChI is InChI=1S/C10H22O2/c1-5-9(6-2)10(11)8(3)7-12-4/h8-11H,5-7H2,1-4H3. The minimum Gasteiger partial charge on any atom is -0.392 e. The molecule has 0 aromatic carbocycles. The monoisotopic (exact) mass is 174 g/mol. The Hall–Kier alpha value is -0.0800. The molecule has 0 aliphatic heterocycles. The molecule has 0 aromatic rings. The molecule has 1 N–H and O–H groups in total. The Bertz CT molecular complexity index is 100. The van der Waals surface area contributed by atoms with Crippen LogP contribution in [0.5, 0.6) is 0 Å². The van der Waals surface area contributed by atoms with Crippen LogP contribution in [0.3, 0.4) is 0 Å². The Kier molecular flexibility index (Phi) is 6.39. The lowest BCUT2D eigenvalue weighted by atomic mass is 9.89. The van der Waals surface area contributed by atoms with Crippen molar-refractivity contribution in [3.63, 3.8) is 0 Å². The highest BCUT2D eigenvalue weighted by atomic mass is 16.5. The third-order valence-electron chi connectivity index (χ3n) is 2.54. The lowest BCUT2D eigenvalue weighted by Crippen LogP contribution is -2.29. The van der Waals surface area contributed by atoms with Gasteiger partial charge < -0.3 is 9.84 Å². The molecule has 2 heteroatoms. The maximum atomic E-state index is 9.83. The SMILES string of the molecule is CCC(CC)C(O)C(C)COC. The van der Waals surface area contributed by atoms with E-state index in [-0.39, 0.29) is 12.0 Å². The normalized spacial score (nSPS) is 16.5. The molecule has 12 heavy (non-hydrogen) atoms. The summed E-state index contributed by atoms with van der Waals surface area (Å²) in [6, 6.07) is 0. The van der Waals surface area contributed by atoms with Gasteiger partial charge in [-0.15, -0.1) is 0 Å². The van der Waals surface area contributed by atoms with E-state index in [0.29, 0.717) is 12.5 Å². The number of aliphatic hydroxyl groups excluding tert-OH is 1. The molecule has 0 amide bonds. The Morgan fingerprint density at radius 3 is 2.08 bits per heavy atom. The zero-order chi connectivity index (χ0) is 9.56. The molecule has 0 aliphatic carbocycles. The first-order valence-electron chi connectivity index (χ1n) is 4.84. The molecule has 0 bridgehead atoms. The predicted molar refractivity (Wildman–Crippen MR) is 51.1 cm³/mol. The van der Waals surface area contributed by atoms with Crippen LogP contribution in [0, 0.1) is 11.8 Å². The Balaban J connectivity index is 3.87. The van der Waals surface area contributed by atoms with E-state index >= 15 is 0 Å². The van der Waals surface area contributed by atoms with Crippen LogP contribution < -0.4 is 0 Å². The highest BCUT2D eigenvalue weighted by Crippen LogP contribution is 2.19. The average molecular weight is 174 g/mol. The van der Waals surface area contributed by atoms with Crippen molar-refractivity contribution < 1.29 is 9.84 Å². The molecule has 0 rings (SSSR count). The van der Waals surface area contributed by atoms with Crippen molar-refractivity contribution in [3.05, 3.63) is 0 Å². The van der Waals surface area contributed by atoms with E-state index in [0.717, 1.165) is 12.8 Å². The molecule has 0 fully saturated rings. The summed E-state index contributed by atoms with van der Waals surface area (Å²) in [7, 11) is 1.68. The quantitative estimate of drug-likeness (QED) is 0.668. The lowest BCUT2D eigenvalue weighted by Gasteiger charge is -2.25. The van der Waals surface area contributed by atoms with Gasteiger partial charge in [-0.3, -0.25) is 0 Å². The van der Waals surface area contributed by atoms with Crippen LogP contribution in [0.4, 0.5) is 0 Å². The predicted octanol–water partition coefficient (Wildman–Crippen LogP) is 2.07. The summed E-state index contributed by atoms with van der Waals surface area (Å²) in [5.41, 5.74) is 0. The molecule has 0 saturated heterocycles. The third kappa shape index (κ3) is 3.55. The van der Waals surface area contributed by atoms with Gasteiger partial charge in [-0.25, -0.2) is 0 Å². The van der Waals surface area contributed by atoms with E-state index in [1.165, 1.54) is 0 Å². The number of ether oxygens (including phenoxy) is 1. The number of hydrogen-bond acceptors (Lipinski definition) is 2. The molecule has 74 valence electrons. The fraction of sp³-hybridized carbons (Fsp3) is 1.00. The van der Waals surface area contributed by atoms with Crippen molar-refractivity contribution >= 4 is 0 Å². The smallest absolute Gasteiger partial charge is 0.0615 e. The first-order valence-corrected chi connectivity index (χ1v) is 4.84. The molecular formula is C10H22O2. The number of hydrogen-bond donors (Lipinski definition) is 1. The molecule has 0 saturated carbocycles. The van der Waals surface area contributed by atoms with Gasteiger partial charge in [-0.05, 0) is 5.92 Å². The van der Waals surface area contributed by atoms with Gasteiger partial charge in [-0.2, -0.15) is 0 Å². The topological polar surface area (TPSA) is 29.5 Å². The zero-order valence-electron chi connectivity index (χ0n) is 8.71. The lowest BCUT2D eigenvalue weighted by molar-refractivity contribution is 0.0159. The first kappa shape index (κ1) is 11.9. The second-order valence-corrected chi connectivity index (χ2v) is 3.50. The van der Waals surface area contributed by atoms with Crippen molar-refractivity contribution in [2.45, 2.75) is 39.7 Å². The molecule has 2 unspecified atom stereocenters. The van der Waals surface area contributed by atoms with Gasteiger partial charge in [0.1, 0.15) is 0 Å². The van der Waals surface area contributed by atoms with Gasteiger partial charge >= 0.3 is 0 Å². The summed E-state index contributed by atoms with van der Waals surface area (Å²) in [6.07, 6.45) is 1.89. The number of methoxy groups -OCH3 is 1. The Labute approximate surface area is 75.9 Å². The van der Waals surface area contributed by atoms with Gasteiger partial charge in [0.05, 0.1) is 12.7 Å². The first-order chi connectivity index (χ1) is 5.67. The molecule has 0 radical (unpaired) electrons. The van der Waals surface area contributed by atoms with E-state index < -0.39 is 0 Å². The Morgan fingerprint density at radius 1 is 1.25 bits per heavy atom. The number of rotatable bonds is 6. The van der Waals surface area contributed by atoms with Crippen LogP contribution in [0.2, 0.25) is 0 Å². The van der Waals surface area contributed by atoms with Gasteiger partial charge in [0, 0.05) is 13.0 Å². The molecule has 0 spiro atoms. The minimum atomic E-state index is -0.208. The van der Waals surface area contributed by atoms with E-state index in [9.17, 15) is 5.11 Å². The minimum absolute atomic E-state index is 0.208. The summed E-state index contributed by atoms with van der Waals surface area (Å²) in [5.74, 6) is 0.676. The maximum Gasteiger partial charge on any atom is 0.0615 e. The second kappa shape index (κ2) is 6.44. The van der Waals surface area contributed by atoms with Crippen LogP contribution >= 0.6 is 0 Å². The summed E-state index contributed by atoms with van der Waals surface area (Å²) in [4.78, 5) is 0. The summed E-state index contributed by atoms with van der Waals surface area (Å²) in [6.45, 7) is 6.93. The molecule has 2 atom stereocenters.